The standard InChI is InChI=1S/C31H20O2/c32-31-30-27(23-12-5-2-6-13-23)19-18-26(22-10-3-1-4-11-22)29(30)28(33-31)20-24-16-9-15-21-14-7-8-17-25(21)24/h1-20H/b28-20-. The fraction of sp³-hybridized carbons (Fsp3) is 0. The van der Waals surface area contributed by atoms with Crippen LogP contribution < -0.4 is 0 Å². The minimum Gasteiger partial charge on any atom is -0.422 e. The second-order valence-corrected chi connectivity index (χ2v) is 8.11. The van der Waals surface area contributed by atoms with E-state index in [1.807, 2.05) is 78.9 Å². The Morgan fingerprint density at radius 3 is 1.82 bits per heavy atom. The maximum absolute atomic E-state index is 13.2. The lowest BCUT2D eigenvalue weighted by Crippen LogP contribution is -1.98. The molecule has 5 aromatic carbocycles. The van der Waals surface area contributed by atoms with Crippen molar-refractivity contribution >= 4 is 28.6 Å². The van der Waals surface area contributed by atoms with Gasteiger partial charge in [-0.2, -0.15) is 0 Å². The second-order valence-electron chi connectivity index (χ2n) is 8.11. The summed E-state index contributed by atoms with van der Waals surface area (Å²) in [5.41, 5.74) is 6.41. The molecule has 0 aromatic heterocycles. The third-order valence-electron chi connectivity index (χ3n) is 6.14. The molecule has 0 saturated carbocycles. The van der Waals surface area contributed by atoms with Crippen molar-refractivity contribution in [2.24, 2.45) is 0 Å². The molecule has 2 heteroatoms. The molecule has 0 spiro atoms. The van der Waals surface area contributed by atoms with Gasteiger partial charge in [-0.25, -0.2) is 4.79 Å². The SMILES string of the molecule is O=C1O/C(=C\c2cccc3ccccc23)c2c(-c3ccccc3)ccc(-c3ccccc3)c21. The van der Waals surface area contributed by atoms with E-state index in [9.17, 15) is 4.79 Å². The fourth-order valence-electron chi connectivity index (χ4n) is 4.61. The molecule has 0 amide bonds. The molecule has 0 aliphatic carbocycles. The summed E-state index contributed by atoms with van der Waals surface area (Å²) in [6, 6.07) is 38.7. The Kier molecular flexibility index (Phi) is 4.63. The Balaban J connectivity index is 1.63. The van der Waals surface area contributed by atoms with Crippen molar-refractivity contribution < 1.29 is 9.53 Å². The molecule has 0 N–H and O–H groups in total. The van der Waals surface area contributed by atoms with E-state index in [1.165, 1.54) is 0 Å². The quantitative estimate of drug-likeness (QED) is 0.276. The van der Waals surface area contributed by atoms with Crippen LogP contribution in [0.15, 0.2) is 115 Å². The topological polar surface area (TPSA) is 26.3 Å². The Bertz CT molecular complexity index is 1520. The van der Waals surface area contributed by atoms with Crippen molar-refractivity contribution in [3.05, 3.63) is 132 Å². The third-order valence-corrected chi connectivity index (χ3v) is 6.14. The number of ether oxygens (including phenoxy) is 1. The smallest absolute Gasteiger partial charge is 0.344 e. The van der Waals surface area contributed by atoms with Gasteiger partial charge in [0, 0.05) is 5.56 Å². The summed E-state index contributed by atoms with van der Waals surface area (Å²) in [5.74, 6) is 0.274. The van der Waals surface area contributed by atoms with E-state index in [-0.39, 0.29) is 5.97 Å². The van der Waals surface area contributed by atoms with E-state index in [2.05, 4.69) is 42.5 Å². The predicted molar refractivity (Wildman–Crippen MR) is 135 cm³/mol. The molecule has 33 heavy (non-hydrogen) atoms. The summed E-state index contributed by atoms with van der Waals surface area (Å²) in [6.45, 7) is 0. The van der Waals surface area contributed by atoms with Crippen LogP contribution in [0.25, 0.3) is 44.9 Å². The Labute approximate surface area is 192 Å². The second kappa shape index (κ2) is 7.92. The number of hydrogen-bond acceptors (Lipinski definition) is 2. The van der Waals surface area contributed by atoms with Crippen LogP contribution in [0.4, 0.5) is 0 Å². The molecule has 0 atom stereocenters. The normalized spacial score (nSPS) is 13.8. The number of carbonyl (C=O) groups excluding carboxylic acids is 1. The van der Waals surface area contributed by atoms with Gasteiger partial charge >= 0.3 is 5.97 Å². The molecule has 1 aliphatic rings. The summed E-state index contributed by atoms with van der Waals surface area (Å²) in [4.78, 5) is 13.2. The van der Waals surface area contributed by atoms with Crippen LogP contribution >= 0.6 is 0 Å². The van der Waals surface area contributed by atoms with E-state index in [0.717, 1.165) is 44.2 Å². The van der Waals surface area contributed by atoms with E-state index in [1.54, 1.807) is 0 Å². The van der Waals surface area contributed by atoms with Crippen molar-refractivity contribution in [2.75, 3.05) is 0 Å². The monoisotopic (exact) mass is 424 g/mol. The number of carbonyl (C=O) groups is 1. The first-order chi connectivity index (χ1) is 16.3. The molecule has 156 valence electrons. The van der Waals surface area contributed by atoms with E-state index >= 15 is 0 Å². The van der Waals surface area contributed by atoms with Gasteiger partial charge in [-0.15, -0.1) is 0 Å². The molecule has 1 aliphatic heterocycles. The fourth-order valence-corrected chi connectivity index (χ4v) is 4.61. The van der Waals surface area contributed by atoms with Crippen LogP contribution in [0.2, 0.25) is 0 Å². The van der Waals surface area contributed by atoms with Gasteiger partial charge in [-0.3, -0.25) is 0 Å². The average molecular weight is 424 g/mol. The minimum absolute atomic E-state index is 0.312. The van der Waals surface area contributed by atoms with Crippen LogP contribution in [0.1, 0.15) is 21.5 Å². The average Bonchev–Trinajstić information content (AvgIpc) is 3.21. The van der Waals surface area contributed by atoms with Gasteiger partial charge in [0.2, 0.25) is 0 Å². The lowest BCUT2D eigenvalue weighted by molar-refractivity contribution is 0.0718. The Morgan fingerprint density at radius 1 is 0.545 bits per heavy atom. The largest absolute Gasteiger partial charge is 0.422 e. The molecular weight excluding hydrogens is 404 g/mol. The first-order valence-corrected chi connectivity index (χ1v) is 11.0. The molecule has 2 nitrogen and oxygen atoms in total. The van der Waals surface area contributed by atoms with Gasteiger partial charge in [0.1, 0.15) is 5.76 Å². The molecule has 1 heterocycles. The van der Waals surface area contributed by atoms with Crippen LogP contribution in [-0.2, 0) is 4.74 Å². The van der Waals surface area contributed by atoms with Gasteiger partial charge in [-0.1, -0.05) is 115 Å². The number of esters is 1. The van der Waals surface area contributed by atoms with Gasteiger partial charge in [0.15, 0.2) is 0 Å². The number of hydrogen-bond donors (Lipinski definition) is 0. The van der Waals surface area contributed by atoms with Crippen molar-refractivity contribution in [2.45, 2.75) is 0 Å². The zero-order chi connectivity index (χ0) is 22.2. The molecule has 6 rings (SSSR count). The highest BCUT2D eigenvalue weighted by molar-refractivity contribution is 6.14. The zero-order valence-electron chi connectivity index (χ0n) is 17.9. The summed E-state index contributed by atoms with van der Waals surface area (Å²) < 4.78 is 5.93. The lowest BCUT2D eigenvalue weighted by atomic mass is 9.89. The van der Waals surface area contributed by atoms with Gasteiger partial charge in [0.25, 0.3) is 0 Å². The maximum atomic E-state index is 13.2. The first kappa shape index (κ1) is 19.3. The summed E-state index contributed by atoms with van der Waals surface area (Å²) in [7, 11) is 0. The van der Waals surface area contributed by atoms with Gasteiger partial charge in [-0.05, 0) is 44.7 Å². The van der Waals surface area contributed by atoms with Crippen molar-refractivity contribution in [3.63, 3.8) is 0 Å². The number of fused-ring (bicyclic) bond motifs is 2. The van der Waals surface area contributed by atoms with Crippen LogP contribution in [0, 0.1) is 0 Å². The first-order valence-electron chi connectivity index (χ1n) is 11.0. The highest BCUT2D eigenvalue weighted by atomic mass is 16.5. The molecular formula is C31H20O2. The number of benzene rings is 5. The van der Waals surface area contributed by atoms with Crippen molar-refractivity contribution in [1.29, 1.82) is 0 Å². The zero-order valence-corrected chi connectivity index (χ0v) is 17.9. The van der Waals surface area contributed by atoms with E-state index in [4.69, 9.17) is 4.74 Å². The predicted octanol–water partition coefficient (Wildman–Crippen LogP) is 7.84. The third kappa shape index (κ3) is 3.33. The highest BCUT2D eigenvalue weighted by Gasteiger charge is 2.33. The Morgan fingerprint density at radius 2 is 1.12 bits per heavy atom. The van der Waals surface area contributed by atoms with Crippen LogP contribution in [-0.4, -0.2) is 5.97 Å². The molecule has 5 aromatic rings. The van der Waals surface area contributed by atoms with E-state index < -0.39 is 0 Å². The van der Waals surface area contributed by atoms with Crippen molar-refractivity contribution in [3.8, 4) is 22.3 Å². The minimum atomic E-state index is -0.312. The Hall–Kier alpha value is -4.43. The van der Waals surface area contributed by atoms with Crippen LogP contribution in [0.3, 0.4) is 0 Å². The van der Waals surface area contributed by atoms with Gasteiger partial charge < -0.3 is 4.74 Å². The summed E-state index contributed by atoms with van der Waals surface area (Å²) in [5, 5.41) is 2.27. The maximum Gasteiger partial charge on any atom is 0.344 e. The summed E-state index contributed by atoms with van der Waals surface area (Å²) >= 11 is 0. The summed E-state index contributed by atoms with van der Waals surface area (Å²) in [6.07, 6.45) is 1.99. The molecule has 0 unspecified atom stereocenters. The molecule has 0 radical (unpaired) electrons. The molecule has 0 bridgehead atoms. The van der Waals surface area contributed by atoms with Gasteiger partial charge in [0.05, 0.1) is 5.56 Å². The van der Waals surface area contributed by atoms with E-state index in [0.29, 0.717) is 11.3 Å². The molecule has 0 fully saturated rings. The number of rotatable bonds is 3. The van der Waals surface area contributed by atoms with Crippen LogP contribution in [0.5, 0.6) is 0 Å². The highest BCUT2D eigenvalue weighted by Crippen LogP contribution is 2.43. The number of cyclic esters (lactones) is 1. The van der Waals surface area contributed by atoms with Crippen molar-refractivity contribution in [1.82, 2.24) is 0 Å². The lowest BCUT2D eigenvalue weighted by Gasteiger charge is -2.12. The molecule has 0 saturated heterocycles.